The number of hydrogen-bond donors (Lipinski definition) is 1. The van der Waals surface area contributed by atoms with Crippen molar-refractivity contribution >= 4 is 0 Å². The van der Waals surface area contributed by atoms with E-state index in [0.717, 1.165) is 19.7 Å². The number of ether oxygens (including phenoxy) is 1. The van der Waals surface area contributed by atoms with Crippen LogP contribution in [0.5, 0.6) is 0 Å². The first-order valence-corrected chi connectivity index (χ1v) is 6.58. The molecule has 0 amide bonds. The summed E-state index contributed by atoms with van der Waals surface area (Å²) in [5.74, 6) is 0. The fourth-order valence-corrected chi connectivity index (χ4v) is 2.70. The lowest BCUT2D eigenvalue weighted by Gasteiger charge is -2.38. The van der Waals surface area contributed by atoms with Crippen molar-refractivity contribution in [2.24, 2.45) is 0 Å². The number of hydrogen-bond acceptors (Lipinski definition) is 3. The SMILES string of the molecule is CCCNCC(COC)N1CCCC1(C)C. The van der Waals surface area contributed by atoms with Crippen LogP contribution in [0, 0.1) is 0 Å². The molecule has 16 heavy (non-hydrogen) atoms. The average molecular weight is 228 g/mol. The van der Waals surface area contributed by atoms with Crippen molar-refractivity contribution in [1.29, 1.82) is 0 Å². The zero-order chi connectivity index (χ0) is 12.0. The van der Waals surface area contributed by atoms with E-state index in [1.165, 1.54) is 25.8 Å². The summed E-state index contributed by atoms with van der Waals surface area (Å²) < 4.78 is 5.36. The molecule has 3 heteroatoms. The zero-order valence-corrected chi connectivity index (χ0v) is 11.4. The molecule has 0 aromatic rings. The Bertz CT molecular complexity index is 194. The Kier molecular flexibility index (Phi) is 5.73. The van der Waals surface area contributed by atoms with Crippen molar-refractivity contribution in [2.45, 2.75) is 51.6 Å². The lowest BCUT2D eigenvalue weighted by Crippen LogP contribution is -2.51. The number of nitrogens with one attached hydrogen (secondary N) is 1. The number of rotatable bonds is 7. The molecule has 1 aliphatic heterocycles. The number of likely N-dealkylation sites (tertiary alicyclic amines) is 1. The van der Waals surface area contributed by atoms with Crippen molar-refractivity contribution in [1.82, 2.24) is 10.2 Å². The van der Waals surface area contributed by atoms with Crippen molar-refractivity contribution in [3.05, 3.63) is 0 Å². The second-order valence-electron chi connectivity index (χ2n) is 5.42. The van der Waals surface area contributed by atoms with E-state index in [1.54, 1.807) is 7.11 Å². The van der Waals surface area contributed by atoms with Gasteiger partial charge in [-0.1, -0.05) is 6.92 Å². The summed E-state index contributed by atoms with van der Waals surface area (Å²) in [4.78, 5) is 2.61. The Hall–Kier alpha value is -0.120. The Morgan fingerprint density at radius 1 is 1.44 bits per heavy atom. The second-order valence-corrected chi connectivity index (χ2v) is 5.42. The fraction of sp³-hybridized carbons (Fsp3) is 1.00. The van der Waals surface area contributed by atoms with Crippen molar-refractivity contribution in [3.63, 3.8) is 0 Å². The van der Waals surface area contributed by atoms with E-state index in [-0.39, 0.29) is 0 Å². The largest absolute Gasteiger partial charge is 0.383 e. The van der Waals surface area contributed by atoms with Crippen LogP contribution in [0.4, 0.5) is 0 Å². The van der Waals surface area contributed by atoms with Gasteiger partial charge in [0.25, 0.3) is 0 Å². The van der Waals surface area contributed by atoms with Gasteiger partial charge in [0.2, 0.25) is 0 Å². The molecule has 1 fully saturated rings. The van der Waals surface area contributed by atoms with Gasteiger partial charge in [0.15, 0.2) is 0 Å². The molecule has 1 saturated heterocycles. The molecule has 96 valence electrons. The van der Waals surface area contributed by atoms with Gasteiger partial charge >= 0.3 is 0 Å². The molecule has 1 unspecified atom stereocenters. The standard InChI is InChI=1S/C13H28N2O/c1-5-8-14-10-12(11-16-4)15-9-6-7-13(15,2)3/h12,14H,5-11H2,1-4H3. The van der Waals surface area contributed by atoms with Crippen molar-refractivity contribution in [3.8, 4) is 0 Å². The van der Waals surface area contributed by atoms with Crippen LogP contribution in [0.2, 0.25) is 0 Å². The van der Waals surface area contributed by atoms with Gasteiger partial charge in [0, 0.05) is 25.2 Å². The van der Waals surface area contributed by atoms with Crippen LogP contribution < -0.4 is 5.32 Å². The van der Waals surface area contributed by atoms with Crippen LogP contribution in [0.1, 0.15) is 40.0 Å². The molecular weight excluding hydrogens is 200 g/mol. The first-order valence-electron chi connectivity index (χ1n) is 6.58. The van der Waals surface area contributed by atoms with E-state index in [9.17, 15) is 0 Å². The van der Waals surface area contributed by atoms with Gasteiger partial charge in [-0.25, -0.2) is 0 Å². The highest BCUT2D eigenvalue weighted by Gasteiger charge is 2.36. The summed E-state index contributed by atoms with van der Waals surface area (Å²) in [6, 6.07) is 0.522. The van der Waals surface area contributed by atoms with E-state index >= 15 is 0 Å². The zero-order valence-electron chi connectivity index (χ0n) is 11.4. The third-order valence-corrected chi connectivity index (χ3v) is 3.57. The van der Waals surface area contributed by atoms with Crippen LogP contribution in [0.15, 0.2) is 0 Å². The van der Waals surface area contributed by atoms with Crippen molar-refractivity contribution < 1.29 is 4.74 Å². The van der Waals surface area contributed by atoms with Gasteiger partial charge in [-0.05, 0) is 46.2 Å². The summed E-state index contributed by atoms with van der Waals surface area (Å²) >= 11 is 0. The number of nitrogens with zero attached hydrogens (tertiary/aromatic N) is 1. The summed E-state index contributed by atoms with van der Waals surface area (Å²) in [5, 5.41) is 3.51. The Morgan fingerprint density at radius 3 is 2.69 bits per heavy atom. The Morgan fingerprint density at radius 2 is 2.19 bits per heavy atom. The van der Waals surface area contributed by atoms with E-state index in [4.69, 9.17) is 4.74 Å². The summed E-state index contributed by atoms with van der Waals surface area (Å²) in [6.07, 6.45) is 3.82. The fourth-order valence-electron chi connectivity index (χ4n) is 2.70. The highest BCUT2D eigenvalue weighted by atomic mass is 16.5. The summed E-state index contributed by atoms with van der Waals surface area (Å²) in [5.41, 5.74) is 0.344. The molecule has 0 aromatic carbocycles. The van der Waals surface area contributed by atoms with Gasteiger partial charge in [0.05, 0.1) is 6.61 Å². The highest BCUT2D eigenvalue weighted by molar-refractivity contribution is 4.92. The van der Waals surface area contributed by atoms with Gasteiger partial charge in [0.1, 0.15) is 0 Å². The van der Waals surface area contributed by atoms with E-state index in [1.807, 2.05) is 0 Å². The van der Waals surface area contributed by atoms with Gasteiger partial charge in [-0.15, -0.1) is 0 Å². The minimum atomic E-state index is 0.344. The Balaban J connectivity index is 2.48. The monoisotopic (exact) mass is 228 g/mol. The summed E-state index contributed by atoms with van der Waals surface area (Å²) in [7, 11) is 1.80. The molecule has 1 heterocycles. The predicted octanol–water partition coefficient (Wildman–Crippen LogP) is 1.88. The molecule has 1 atom stereocenters. The van der Waals surface area contributed by atoms with E-state index < -0.39 is 0 Å². The van der Waals surface area contributed by atoms with Gasteiger partial charge < -0.3 is 10.1 Å². The minimum Gasteiger partial charge on any atom is -0.383 e. The predicted molar refractivity (Wildman–Crippen MR) is 68.8 cm³/mol. The van der Waals surface area contributed by atoms with Crippen LogP contribution >= 0.6 is 0 Å². The first kappa shape index (κ1) is 13.9. The molecule has 0 bridgehead atoms. The Labute approximate surface area is 101 Å². The van der Waals surface area contributed by atoms with E-state index in [2.05, 4.69) is 31.0 Å². The highest BCUT2D eigenvalue weighted by Crippen LogP contribution is 2.30. The molecule has 1 rings (SSSR count). The topological polar surface area (TPSA) is 24.5 Å². The molecule has 0 spiro atoms. The molecule has 0 radical (unpaired) electrons. The third-order valence-electron chi connectivity index (χ3n) is 3.57. The molecule has 3 nitrogen and oxygen atoms in total. The maximum absolute atomic E-state index is 5.36. The molecule has 0 saturated carbocycles. The van der Waals surface area contributed by atoms with Crippen LogP contribution in [-0.4, -0.2) is 49.8 Å². The lowest BCUT2D eigenvalue weighted by atomic mass is 10.0. The summed E-state index contributed by atoms with van der Waals surface area (Å²) in [6.45, 7) is 11.1. The van der Waals surface area contributed by atoms with Crippen LogP contribution in [-0.2, 0) is 4.74 Å². The van der Waals surface area contributed by atoms with Crippen LogP contribution in [0.25, 0.3) is 0 Å². The number of methoxy groups -OCH3 is 1. The third kappa shape index (κ3) is 3.72. The first-order chi connectivity index (χ1) is 7.61. The van der Waals surface area contributed by atoms with Gasteiger partial charge in [-0.2, -0.15) is 0 Å². The van der Waals surface area contributed by atoms with Crippen molar-refractivity contribution in [2.75, 3.05) is 33.4 Å². The van der Waals surface area contributed by atoms with Crippen LogP contribution in [0.3, 0.4) is 0 Å². The quantitative estimate of drug-likeness (QED) is 0.673. The second kappa shape index (κ2) is 6.58. The molecule has 1 N–H and O–H groups in total. The maximum atomic E-state index is 5.36. The maximum Gasteiger partial charge on any atom is 0.0630 e. The molecule has 0 aromatic heterocycles. The molecular formula is C13H28N2O. The smallest absolute Gasteiger partial charge is 0.0630 e. The van der Waals surface area contributed by atoms with E-state index in [0.29, 0.717) is 11.6 Å². The molecule has 1 aliphatic rings. The lowest BCUT2D eigenvalue weighted by molar-refractivity contribution is 0.0509. The molecule has 0 aliphatic carbocycles. The van der Waals surface area contributed by atoms with Gasteiger partial charge in [-0.3, -0.25) is 4.90 Å². The normalized spacial score (nSPS) is 22.5. The minimum absolute atomic E-state index is 0.344. The average Bonchev–Trinajstić information content (AvgIpc) is 2.57.